The average Bonchev–Trinajstić information content (AvgIpc) is 2.76. The zero-order valence-electron chi connectivity index (χ0n) is 15.8. The van der Waals surface area contributed by atoms with Crippen LogP contribution in [0.5, 0.6) is 11.5 Å². The molecule has 0 saturated carbocycles. The number of carbonyl (C=O) groups excluding carboxylic acids is 1. The Kier molecular flexibility index (Phi) is 4.78. The number of hydrogen-bond donors (Lipinski definition) is 2. The van der Waals surface area contributed by atoms with E-state index in [9.17, 15) is 9.59 Å². The predicted molar refractivity (Wildman–Crippen MR) is 110 cm³/mol. The zero-order chi connectivity index (χ0) is 20.4. The van der Waals surface area contributed by atoms with Gasteiger partial charge in [-0.15, -0.1) is 0 Å². The van der Waals surface area contributed by atoms with Gasteiger partial charge in [-0.05, 0) is 42.5 Å². The molecule has 0 saturated heterocycles. The number of hydrogen-bond acceptors (Lipinski definition) is 6. The lowest BCUT2D eigenvalue weighted by molar-refractivity contribution is 0.0943. The first-order chi connectivity index (χ1) is 14.1. The van der Waals surface area contributed by atoms with Crippen LogP contribution in [0.1, 0.15) is 10.4 Å². The molecule has 0 bridgehead atoms. The summed E-state index contributed by atoms with van der Waals surface area (Å²) in [7, 11) is 3.13. The molecule has 146 valence electrons. The molecule has 0 radical (unpaired) electrons. The molecular weight excluding hydrogens is 372 g/mol. The number of methoxy groups -OCH3 is 2. The van der Waals surface area contributed by atoms with Gasteiger partial charge >= 0.3 is 0 Å². The minimum absolute atomic E-state index is 0.0743. The predicted octanol–water partition coefficient (Wildman–Crippen LogP) is 2.35. The molecule has 0 unspecified atom stereocenters. The van der Waals surface area contributed by atoms with Gasteiger partial charge in [0.2, 0.25) is 5.43 Å². The molecule has 4 rings (SSSR count). The van der Waals surface area contributed by atoms with E-state index < -0.39 is 0 Å². The molecule has 7 heteroatoms. The van der Waals surface area contributed by atoms with Crippen molar-refractivity contribution in [2.75, 3.05) is 14.2 Å². The largest absolute Gasteiger partial charge is 0.497 e. The van der Waals surface area contributed by atoms with Crippen molar-refractivity contribution in [2.45, 2.75) is 0 Å². The van der Waals surface area contributed by atoms with Crippen LogP contribution < -0.4 is 31.2 Å². The first-order valence-corrected chi connectivity index (χ1v) is 8.84. The standard InChI is InChI=1S/C22H18N2O5/c1-27-14-8-6-13(7-9-14)22(26)24-23-12-19-21(25)16-10-11-17(28-2)15-4-3-5-18(29-19)20(15)16/h3-12,23H,1-2H3,(H,24,26). The summed E-state index contributed by atoms with van der Waals surface area (Å²) in [6.45, 7) is 0. The molecule has 0 aliphatic carbocycles. The zero-order valence-corrected chi connectivity index (χ0v) is 15.8. The van der Waals surface area contributed by atoms with Gasteiger partial charge in [0.05, 0.1) is 20.4 Å². The molecule has 4 aromatic rings. The Labute approximate surface area is 165 Å². The van der Waals surface area contributed by atoms with Gasteiger partial charge < -0.3 is 19.3 Å². The van der Waals surface area contributed by atoms with Crippen LogP contribution in [0.4, 0.5) is 0 Å². The van der Waals surface area contributed by atoms with E-state index in [1.165, 1.54) is 6.20 Å². The number of amides is 1. The number of rotatable bonds is 5. The lowest BCUT2D eigenvalue weighted by atomic mass is 10.0. The van der Waals surface area contributed by atoms with Crippen LogP contribution in [-0.2, 0) is 0 Å². The molecule has 2 N–H and O–H groups in total. The number of carbonyl (C=O) groups is 1. The molecule has 0 spiro atoms. The van der Waals surface area contributed by atoms with Gasteiger partial charge in [-0.3, -0.25) is 15.0 Å². The van der Waals surface area contributed by atoms with Gasteiger partial charge in [0, 0.05) is 21.7 Å². The second-order valence-electron chi connectivity index (χ2n) is 6.26. The maximum atomic E-state index is 12.8. The highest BCUT2D eigenvalue weighted by atomic mass is 16.5. The minimum Gasteiger partial charge on any atom is -0.497 e. The summed E-state index contributed by atoms with van der Waals surface area (Å²) in [6.07, 6.45) is 1.33. The summed E-state index contributed by atoms with van der Waals surface area (Å²) < 4.78 is 16.2. The summed E-state index contributed by atoms with van der Waals surface area (Å²) >= 11 is 0. The van der Waals surface area contributed by atoms with E-state index in [2.05, 4.69) is 10.9 Å². The molecule has 3 aromatic carbocycles. The van der Waals surface area contributed by atoms with Crippen molar-refractivity contribution in [1.29, 1.82) is 0 Å². The molecule has 0 fully saturated rings. The Morgan fingerprint density at radius 1 is 0.966 bits per heavy atom. The fraction of sp³-hybridized carbons (Fsp3) is 0.0909. The van der Waals surface area contributed by atoms with Gasteiger partial charge in [-0.1, -0.05) is 12.1 Å². The van der Waals surface area contributed by atoms with Crippen molar-refractivity contribution >= 4 is 33.8 Å². The van der Waals surface area contributed by atoms with Crippen LogP contribution in [0, 0.1) is 0 Å². The quantitative estimate of drug-likeness (QED) is 0.509. The van der Waals surface area contributed by atoms with Gasteiger partial charge in [-0.25, -0.2) is 0 Å². The fourth-order valence-corrected chi connectivity index (χ4v) is 3.17. The Morgan fingerprint density at radius 3 is 2.48 bits per heavy atom. The lowest BCUT2D eigenvalue weighted by Crippen LogP contribution is -2.37. The highest BCUT2D eigenvalue weighted by Gasteiger charge is 2.12. The maximum absolute atomic E-state index is 12.8. The Morgan fingerprint density at radius 2 is 1.76 bits per heavy atom. The van der Waals surface area contributed by atoms with E-state index in [0.29, 0.717) is 33.4 Å². The van der Waals surface area contributed by atoms with Crippen LogP contribution in [0.25, 0.3) is 27.9 Å². The Hall–Kier alpha value is -4.00. The number of nitrogens with one attached hydrogen (secondary N) is 2. The van der Waals surface area contributed by atoms with Gasteiger partial charge in [0.1, 0.15) is 17.1 Å². The number of ether oxygens (including phenoxy) is 2. The molecule has 0 aliphatic heterocycles. The smallest absolute Gasteiger partial charge is 0.269 e. The monoisotopic (exact) mass is 390 g/mol. The van der Waals surface area contributed by atoms with Crippen molar-refractivity contribution in [2.24, 2.45) is 0 Å². The fourth-order valence-electron chi connectivity index (χ4n) is 3.17. The number of benzene rings is 3. The Bertz CT molecular complexity index is 1310. The van der Waals surface area contributed by atoms with Crippen LogP contribution in [0.3, 0.4) is 0 Å². The second-order valence-corrected chi connectivity index (χ2v) is 6.26. The first-order valence-electron chi connectivity index (χ1n) is 8.84. The molecule has 29 heavy (non-hydrogen) atoms. The van der Waals surface area contributed by atoms with E-state index in [0.717, 1.165) is 5.39 Å². The summed E-state index contributed by atoms with van der Waals surface area (Å²) in [5.41, 5.74) is 5.92. The summed E-state index contributed by atoms with van der Waals surface area (Å²) in [5.74, 6) is 0.960. The topological polar surface area (TPSA) is 89.8 Å². The maximum Gasteiger partial charge on any atom is 0.269 e. The number of hydrazine groups is 1. The highest BCUT2D eigenvalue weighted by molar-refractivity contribution is 6.09. The van der Waals surface area contributed by atoms with Crippen LogP contribution in [0.2, 0.25) is 0 Å². The van der Waals surface area contributed by atoms with Crippen molar-refractivity contribution in [3.05, 3.63) is 75.8 Å². The third-order valence-corrected chi connectivity index (χ3v) is 4.61. The summed E-state index contributed by atoms with van der Waals surface area (Å²) in [4.78, 5) is 25.0. The van der Waals surface area contributed by atoms with Crippen LogP contribution in [-0.4, -0.2) is 20.1 Å². The first kappa shape index (κ1) is 18.4. The molecule has 0 aliphatic rings. The van der Waals surface area contributed by atoms with Crippen molar-refractivity contribution in [3.8, 4) is 11.5 Å². The van der Waals surface area contributed by atoms with Crippen molar-refractivity contribution in [1.82, 2.24) is 10.9 Å². The van der Waals surface area contributed by atoms with Crippen molar-refractivity contribution in [3.63, 3.8) is 0 Å². The molecule has 1 aromatic heterocycles. The van der Waals surface area contributed by atoms with E-state index in [-0.39, 0.29) is 16.8 Å². The third-order valence-electron chi connectivity index (χ3n) is 4.61. The van der Waals surface area contributed by atoms with Crippen molar-refractivity contribution < 1.29 is 18.7 Å². The normalized spacial score (nSPS) is 11.6. The molecule has 7 nitrogen and oxygen atoms in total. The average molecular weight is 390 g/mol. The molecule has 1 amide bonds. The van der Waals surface area contributed by atoms with E-state index >= 15 is 0 Å². The minimum atomic E-state index is -0.361. The van der Waals surface area contributed by atoms with Crippen LogP contribution in [0.15, 0.2) is 63.8 Å². The summed E-state index contributed by atoms with van der Waals surface area (Å²) in [6, 6.07) is 15.6. The van der Waals surface area contributed by atoms with E-state index in [1.54, 1.807) is 56.7 Å². The van der Waals surface area contributed by atoms with Crippen LogP contribution >= 0.6 is 0 Å². The van der Waals surface area contributed by atoms with Gasteiger partial charge in [0.15, 0.2) is 5.42 Å². The summed E-state index contributed by atoms with van der Waals surface area (Å²) in [5, 5.41) is 2.02. The third kappa shape index (κ3) is 3.34. The second kappa shape index (κ2) is 7.55. The Balaban J connectivity index is 1.65. The lowest BCUT2D eigenvalue weighted by Gasteiger charge is -2.09. The van der Waals surface area contributed by atoms with Gasteiger partial charge in [-0.2, -0.15) is 0 Å². The molecular formula is C22H18N2O5. The van der Waals surface area contributed by atoms with E-state index in [1.807, 2.05) is 12.1 Å². The SMILES string of the molecule is COc1ccc(C(=O)NNC=c2oc3cccc4c(OC)ccc(c2=O)c34)cc1. The molecule has 1 heterocycles. The van der Waals surface area contributed by atoms with Gasteiger partial charge in [0.25, 0.3) is 5.91 Å². The van der Waals surface area contributed by atoms with E-state index in [4.69, 9.17) is 13.9 Å². The highest BCUT2D eigenvalue weighted by Crippen LogP contribution is 2.30. The molecule has 0 atom stereocenters.